The second-order valence-corrected chi connectivity index (χ2v) is 6.91. The van der Waals surface area contributed by atoms with Crippen LogP contribution in [0.4, 0.5) is 14.5 Å². The van der Waals surface area contributed by atoms with Crippen LogP contribution in [-0.2, 0) is 11.3 Å². The molecule has 2 aromatic rings. The maximum atomic E-state index is 12.6. The van der Waals surface area contributed by atoms with Gasteiger partial charge in [-0.1, -0.05) is 29.8 Å². The van der Waals surface area contributed by atoms with E-state index in [0.717, 1.165) is 11.3 Å². The number of ether oxygens (including phenoxy) is 1. The number of benzene rings is 2. The second kappa shape index (κ2) is 9.56. The van der Waals surface area contributed by atoms with Crippen molar-refractivity contribution in [1.82, 2.24) is 10.6 Å². The lowest BCUT2D eigenvalue weighted by atomic mass is 9.90. The molecular weight excluding hydrogens is 402 g/mol. The zero-order valence-electron chi connectivity index (χ0n) is 15.7. The SMILES string of the molecule is CN=C(NCc1cc(Cl)ccc1OC(F)F)NCC1CC(=O)Nc2ccccc21. The topological polar surface area (TPSA) is 74.8 Å². The van der Waals surface area contributed by atoms with E-state index in [0.29, 0.717) is 29.5 Å². The first-order valence-electron chi connectivity index (χ1n) is 9.02. The number of para-hydroxylation sites is 1. The van der Waals surface area contributed by atoms with Crippen LogP contribution < -0.4 is 20.7 Å². The van der Waals surface area contributed by atoms with Crippen molar-refractivity contribution in [2.24, 2.45) is 4.99 Å². The molecule has 9 heteroatoms. The number of amides is 1. The summed E-state index contributed by atoms with van der Waals surface area (Å²) in [4.78, 5) is 16.1. The van der Waals surface area contributed by atoms with Crippen molar-refractivity contribution >= 4 is 29.2 Å². The van der Waals surface area contributed by atoms with Gasteiger partial charge in [0.25, 0.3) is 0 Å². The van der Waals surface area contributed by atoms with Gasteiger partial charge in [-0.2, -0.15) is 8.78 Å². The minimum atomic E-state index is -2.93. The van der Waals surface area contributed by atoms with Crippen LogP contribution in [0.3, 0.4) is 0 Å². The number of alkyl halides is 2. The minimum Gasteiger partial charge on any atom is -0.434 e. The Balaban J connectivity index is 1.63. The Morgan fingerprint density at radius 1 is 1.31 bits per heavy atom. The summed E-state index contributed by atoms with van der Waals surface area (Å²) in [5, 5.41) is 9.52. The largest absolute Gasteiger partial charge is 0.434 e. The highest BCUT2D eigenvalue weighted by atomic mass is 35.5. The standard InChI is InChI=1S/C20H21ClF2N4O2/c1-24-20(26-11-13-8-14(21)6-7-17(13)29-19(22)23)25-10-12-9-18(28)27-16-5-3-2-4-15(12)16/h2-8,12,19H,9-11H2,1H3,(H,27,28)(H2,24,25,26). The number of fused-ring (bicyclic) bond motifs is 1. The van der Waals surface area contributed by atoms with Gasteiger partial charge in [-0.25, -0.2) is 0 Å². The normalized spacial score (nSPS) is 16.2. The first-order chi connectivity index (χ1) is 14.0. The lowest BCUT2D eigenvalue weighted by Gasteiger charge is -2.26. The molecule has 2 aromatic carbocycles. The molecule has 0 fully saturated rings. The summed E-state index contributed by atoms with van der Waals surface area (Å²) < 4.78 is 29.7. The van der Waals surface area contributed by atoms with Crippen LogP contribution in [0.15, 0.2) is 47.5 Å². The summed E-state index contributed by atoms with van der Waals surface area (Å²) in [6, 6.07) is 12.1. The number of carbonyl (C=O) groups is 1. The molecule has 6 nitrogen and oxygen atoms in total. The third-order valence-corrected chi connectivity index (χ3v) is 4.77. The number of hydrogen-bond acceptors (Lipinski definition) is 3. The summed E-state index contributed by atoms with van der Waals surface area (Å²) in [7, 11) is 1.60. The number of aliphatic imine (C=N–C) groups is 1. The van der Waals surface area contributed by atoms with Crippen LogP contribution in [0.25, 0.3) is 0 Å². The fourth-order valence-corrected chi connectivity index (χ4v) is 3.40. The summed E-state index contributed by atoms with van der Waals surface area (Å²) in [6.07, 6.45) is 0.363. The number of halogens is 3. The monoisotopic (exact) mass is 422 g/mol. The van der Waals surface area contributed by atoms with E-state index in [4.69, 9.17) is 11.6 Å². The number of nitrogens with one attached hydrogen (secondary N) is 3. The molecule has 154 valence electrons. The maximum absolute atomic E-state index is 12.6. The molecule has 3 N–H and O–H groups in total. The highest BCUT2D eigenvalue weighted by Gasteiger charge is 2.24. The van der Waals surface area contributed by atoms with E-state index in [-0.39, 0.29) is 24.1 Å². The minimum absolute atomic E-state index is 0.0117. The first kappa shape index (κ1) is 20.9. The molecule has 0 aromatic heterocycles. The zero-order valence-corrected chi connectivity index (χ0v) is 16.5. The third kappa shape index (κ3) is 5.57. The number of hydrogen-bond donors (Lipinski definition) is 3. The molecule has 1 unspecified atom stereocenters. The van der Waals surface area contributed by atoms with Crippen molar-refractivity contribution in [3.8, 4) is 5.75 Å². The molecule has 0 bridgehead atoms. The van der Waals surface area contributed by atoms with Gasteiger partial charge in [0.15, 0.2) is 5.96 Å². The summed E-state index contributed by atoms with van der Waals surface area (Å²) in [6.45, 7) is -2.26. The molecule has 1 aliphatic heterocycles. The highest BCUT2D eigenvalue weighted by Crippen LogP contribution is 2.31. The second-order valence-electron chi connectivity index (χ2n) is 6.47. The van der Waals surface area contributed by atoms with E-state index in [2.05, 4.69) is 25.7 Å². The van der Waals surface area contributed by atoms with Crippen LogP contribution in [0.2, 0.25) is 5.02 Å². The van der Waals surface area contributed by atoms with Crippen LogP contribution in [0, 0.1) is 0 Å². The number of carbonyl (C=O) groups excluding carboxylic acids is 1. The van der Waals surface area contributed by atoms with E-state index in [1.54, 1.807) is 13.1 Å². The predicted molar refractivity (Wildman–Crippen MR) is 109 cm³/mol. The quantitative estimate of drug-likeness (QED) is 0.490. The third-order valence-electron chi connectivity index (χ3n) is 4.53. The van der Waals surface area contributed by atoms with Crippen molar-refractivity contribution in [3.63, 3.8) is 0 Å². The first-order valence-corrected chi connectivity index (χ1v) is 9.40. The number of nitrogens with zero attached hydrogens (tertiary/aromatic N) is 1. The van der Waals surface area contributed by atoms with Gasteiger partial charge in [0.05, 0.1) is 0 Å². The molecule has 1 amide bonds. The zero-order chi connectivity index (χ0) is 20.8. The van der Waals surface area contributed by atoms with Crippen LogP contribution in [0.5, 0.6) is 5.75 Å². The number of rotatable bonds is 6. The average Bonchev–Trinajstić information content (AvgIpc) is 2.69. The molecule has 0 saturated heterocycles. The van der Waals surface area contributed by atoms with Gasteiger partial charge in [-0.05, 0) is 29.8 Å². The van der Waals surface area contributed by atoms with Crippen LogP contribution in [-0.4, -0.2) is 32.1 Å². The smallest absolute Gasteiger partial charge is 0.387 e. The van der Waals surface area contributed by atoms with Gasteiger partial charge in [-0.15, -0.1) is 0 Å². The van der Waals surface area contributed by atoms with Crippen LogP contribution in [0.1, 0.15) is 23.5 Å². The van der Waals surface area contributed by atoms with E-state index in [9.17, 15) is 13.6 Å². The molecule has 3 rings (SSSR count). The Morgan fingerprint density at radius 2 is 2.10 bits per heavy atom. The predicted octanol–water partition coefficient (Wildman–Crippen LogP) is 3.73. The van der Waals surface area contributed by atoms with Crippen LogP contribution >= 0.6 is 11.6 Å². The van der Waals surface area contributed by atoms with Gasteiger partial charge in [0.1, 0.15) is 5.75 Å². The molecule has 0 spiro atoms. The molecule has 1 aliphatic rings. The van der Waals surface area contributed by atoms with Crippen molar-refractivity contribution in [1.29, 1.82) is 0 Å². The van der Waals surface area contributed by atoms with Crippen molar-refractivity contribution < 1.29 is 18.3 Å². The highest BCUT2D eigenvalue weighted by molar-refractivity contribution is 6.30. The fraction of sp³-hybridized carbons (Fsp3) is 0.300. The lowest BCUT2D eigenvalue weighted by Crippen LogP contribution is -2.40. The maximum Gasteiger partial charge on any atom is 0.387 e. The Morgan fingerprint density at radius 3 is 2.86 bits per heavy atom. The number of anilines is 1. The van der Waals surface area contributed by atoms with E-state index >= 15 is 0 Å². The molecule has 0 saturated carbocycles. The molecule has 1 atom stereocenters. The number of guanidine groups is 1. The van der Waals surface area contributed by atoms with Gasteiger partial charge < -0.3 is 20.7 Å². The van der Waals surface area contributed by atoms with Gasteiger partial charge in [0.2, 0.25) is 5.91 Å². The van der Waals surface area contributed by atoms with Gasteiger partial charge >= 0.3 is 6.61 Å². The van der Waals surface area contributed by atoms with Crippen molar-refractivity contribution in [3.05, 3.63) is 58.6 Å². The van der Waals surface area contributed by atoms with Gasteiger partial charge in [0, 0.05) is 48.7 Å². The Bertz CT molecular complexity index is 908. The molecular formula is C20H21ClF2N4O2. The molecule has 0 radical (unpaired) electrons. The molecule has 29 heavy (non-hydrogen) atoms. The Kier molecular flexibility index (Phi) is 6.87. The fourth-order valence-electron chi connectivity index (χ4n) is 3.20. The molecule has 0 aliphatic carbocycles. The summed E-state index contributed by atoms with van der Waals surface area (Å²) in [5.41, 5.74) is 2.34. The van der Waals surface area contributed by atoms with Crippen molar-refractivity contribution in [2.75, 3.05) is 18.9 Å². The molecule has 1 heterocycles. The average molecular weight is 423 g/mol. The summed E-state index contributed by atoms with van der Waals surface area (Å²) in [5.74, 6) is 0.468. The lowest BCUT2D eigenvalue weighted by molar-refractivity contribution is -0.116. The van der Waals surface area contributed by atoms with E-state index < -0.39 is 6.61 Å². The summed E-state index contributed by atoms with van der Waals surface area (Å²) >= 11 is 5.97. The van der Waals surface area contributed by atoms with Crippen molar-refractivity contribution in [2.45, 2.75) is 25.5 Å². The van der Waals surface area contributed by atoms with E-state index in [1.807, 2.05) is 24.3 Å². The Hall–Kier alpha value is -2.87. The van der Waals surface area contributed by atoms with Gasteiger partial charge in [-0.3, -0.25) is 9.79 Å². The Labute approximate surface area is 172 Å². The van der Waals surface area contributed by atoms with E-state index in [1.165, 1.54) is 12.1 Å².